The van der Waals surface area contributed by atoms with Crippen molar-refractivity contribution in [3.05, 3.63) is 35.4 Å². The molecule has 23 heavy (non-hydrogen) atoms. The molecule has 5 heteroatoms. The highest BCUT2D eigenvalue weighted by Crippen LogP contribution is 2.19. The Labute approximate surface area is 138 Å². The number of nitrogens with zero attached hydrogens (tertiary/aromatic N) is 1. The number of aliphatic hydroxyl groups is 1. The van der Waals surface area contributed by atoms with Crippen molar-refractivity contribution in [3.8, 4) is 0 Å². The molecule has 0 unspecified atom stereocenters. The number of carbonyl (C=O) groups is 1. The molecule has 0 saturated carbocycles. The zero-order chi connectivity index (χ0) is 16.8. The molecule has 0 spiro atoms. The molecule has 0 bridgehead atoms. The van der Waals surface area contributed by atoms with Gasteiger partial charge in [-0.2, -0.15) is 0 Å². The summed E-state index contributed by atoms with van der Waals surface area (Å²) in [5.74, 6) is 0. The zero-order valence-corrected chi connectivity index (χ0v) is 14.3. The lowest BCUT2D eigenvalue weighted by Gasteiger charge is -2.34. The van der Waals surface area contributed by atoms with Crippen molar-refractivity contribution in [2.24, 2.45) is 0 Å². The van der Waals surface area contributed by atoms with Gasteiger partial charge in [-0.25, -0.2) is 4.79 Å². The van der Waals surface area contributed by atoms with Crippen molar-refractivity contribution in [1.29, 1.82) is 0 Å². The minimum atomic E-state index is -0.120. The molecule has 1 aliphatic heterocycles. The fourth-order valence-corrected chi connectivity index (χ4v) is 3.08. The predicted octanol–water partition coefficient (Wildman–Crippen LogP) is 2.45. The molecule has 0 aromatic heterocycles. The summed E-state index contributed by atoms with van der Waals surface area (Å²) >= 11 is 0. The van der Waals surface area contributed by atoms with E-state index in [1.807, 2.05) is 45.0 Å². The van der Waals surface area contributed by atoms with Gasteiger partial charge in [-0.3, -0.25) is 0 Å². The number of aryl methyl sites for hydroxylation is 1. The Balaban J connectivity index is 1.96. The molecule has 5 nitrogen and oxygen atoms in total. The van der Waals surface area contributed by atoms with Gasteiger partial charge in [-0.15, -0.1) is 0 Å². The van der Waals surface area contributed by atoms with Gasteiger partial charge in [0.05, 0.1) is 18.8 Å². The average molecular weight is 320 g/mol. The van der Waals surface area contributed by atoms with Crippen LogP contribution in [0.25, 0.3) is 0 Å². The first-order chi connectivity index (χ1) is 11.0. The molecule has 0 aliphatic carbocycles. The maximum Gasteiger partial charge on any atom is 0.317 e. The van der Waals surface area contributed by atoms with Crippen LogP contribution in [0.5, 0.6) is 0 Å². The van der Waals surface area contributed by atoms with E-state index in [9.17, 15) is 9.90 Å². The van der Waals surface area contributed by atoms with Gasteiger partial charge in [0.2, 0.25) is 0 Å². The highest BCUT2D eigenvalue weighted by Gasteiger charge is 2.27. The second kappa shape index (κ2) is 8.31. The SMILES string of the molecule is Cc1ccc(CN(CCO)C(=O)NC2C[C@H](C)O[C@@H](C)C2)cc1. The Morgan fingerprint density at radius 3 is 2.43 bits per heavy atom. The summed E-state index contributed by atoms with van der Waals surface area (Å²) in [6, 6.07) is 8.11. The first-order valence-corrected chi connectivity index (χ1v) is 8.35. The lowest BCUT2D eigenvalue weighted by molar-refractivity contribution is -0.0408. The third-order valence-corrected chi connectivity index (χ3v) is 4.18. The van der Waals surface area contributed by atoms with Crippen LogP contribution in [0.2, 0.25) is 0 Å². The maximum atomic E-state index is 12.5. The van der Waals surface area contributed by atoms with Gasteiger partial charge in [-0.1, -0.05) is 29.8 Å². The van der Waals surface area contributed by atoms with Crippen molar-refractivity contribution in [1.82, 2.24) is 10.2 Å². The lowest BCUT2D eigenvalue weighted by atomic mass is 10.00. The number of aliphatic hydroxyl groups excluding tert-OH is 1. The molecule has 1 aromatic rings. The molecule has 1 heterocycles. The number of urea groups is 1. The Hall–Kier alpha value is -1.59. The summed E-state index contributed by atoms with van der Waals surface area (Å²) in [6.45, 7) is 6.89. The smallest absolute Gasteiger partial charge is 0.317 e. The number of rotatable bonds is 5. The van der Waals surface area contributed by atoms with Crippen LogP contribution in [0.15, 0.2) is 24.3 Å². The standard InChI is InChI=1S/C18H28N2O3/c1-13-4-6-16(7-5-13)12-20(8-9-21)18(22)19-17-10-14(2)23-15(3)11-17/h4-7,14-15,17,21H,8-12H2,1-3H3,(H,19,22)/t14-,15-/m0/s1. The number of amides is 2. The third-order valence-electron chi connectivity index (χ3n) is 4.18. The van der Waals surface area contributed by atoms with Gasteiger partial charge in [-0.05, 0) is 39.2 Å². The van der Waals surface area contributed by atoms with E-state index < -0.39 is 0 Å². The molecular formula is C18H28N2O3. The minimum Gasteiger partial charge on any atom is -0.395 e. The van der Waals surface area contributed by atoms with E-state index >= 15 is 0 Å². The molecule has 128 valence electrons. The van der Waals surface area contributed by atoms with Crippen LogP contribution in [0.3, 0.4) is 0 Å². The fourth-order valence-electron chi connectivity index (χ4n) is 3.08. The second-order valence-electron chi connectivity index (χ2n) is 6.51. The van der Waals surface area contributed by atoms with Crippen molar-refractivity contribution in [2.45, 2.75) is 58.4 Å². The molecule has 2 atom stereocenters. The van der Waals surface area contributed by atoms with E-state index in [0.717, 1.165) is 18.4 Å². The molecule has 2 N–H and O–H groups in total. The normalized spacial score (nSPS) is 24.3. The second-order valence-corrected chi connectivity index (χ2v) is 6.51. The molecule has 2 amide bonds. The summed E-state index contributed by atoms with van der Waals surface area (Å²) in [5.41, 5.74) is 2.25. The summed E-state index contributed by atoms with van der Waals surface area (Å²) in [6.07, 6.45) is 1.97. The van der Waals surface area contributed by atoms with E-state index in [4.69, 9.17) is 4.74 Å². The summed E-state index contributed by atoms with van der Waals surface area (Å²) in [7, 11) is 0. The van der Waals surface area contributed by atoms with Crippen LogP contribution in [0.1, 0.15) is 37.8 Å². The van der Waals surface area contributed by atoms with Crippen LogP contribution in [-0.4, -0.2) is 47.4 Å². The number of hydrogen-bond donors (Lipinski definition) is 2. The van der Waals surface area contributed by atoms with Gasteiger partial charge in [0.15, 0.2) is 0 Å². The maximum absolute atomic E-state index is 12.5. The van der Waals surface area contributed by atoms with E-state index in [-0.39, 0.29) is 30.9 Å². The Kier molecular flexibility index (Phi) is 6.42. The van der Waals surface area contributed by atoms with Gasteiger partial charge in [0.25, 0.3) is 0 Å². The summed E-state index contributed by atoms with van der Waals surface area (Å²) in [4.78, 5) is 14.2. The average Bonchev–Trinajstić information content (AvgIpc) is 2.48. The van der Waals surface area contributed by atoms with Crippen molar-refractivity contribution >= 4 is 6.03 Å². The minimum absolute atomic E-state index is 0.0418. The van der Waals surface area contributed by atoms with E-state index in [1.54, 1.807) is 4.90 Å². The number of hydrogen-bond acceptors (Lipinski definition) is 3. The van der Waals surface area contributed by atoms with Crippen LogP contribution in [-0.2, 0) is 11.3 Å². The van der Waals surface area contributed by atoms with E-state index in [2.05, 4.69) is 5.32 Å². The molecule has 1 aromatic carbocycles. The van der Waals surface area contributed by atoms with Crippen molar-refractivity contribution in [2.75, 3.05) is 13.2 Å². The van der Waals surface area contributed by atoms with Gasteiger partial charge >= 0.3 is 6.03 Å². The quantitative estimate of drug-likeness (QED) is 0.876. The van der Waals surface area contributed by atoms with Crippen molar-refractivity contribution in [3.63, 3.8) is 0 Å². The molecule has 1 fully saturated rings. The number of benzene rings is 1. The largest absolute Gasteiger partial charge is 0.395 e. The monoisotopic (exact) mass is 320 g/mol. The Morgan fingerprint density at radius 1 is 1.26 bits per heavy atom. The highest BCUT2D eigenvalue weighted by atomic mass is 16.5. The van der Waals surface area contributed by atoms with Gasteiger partial charge < -0.3 is 20.1 Å². The first-order valence-electron chi connectivity index (χ1n) is 8.35. The number of ether oxygens (including phenoxy) is 1. The third kappa shape index (κ3) is 5.52. The molecule has 1 aliphatic rings. The molecule has 2 rings (SSSR count). The first kappa shape index (κ1) is 17.8. The topological polar surface area (TPSA) is 61.8 Å². The fraction of sp³-hybridized carbons (Fsp3) is 0.611. The number of carbonyl (C=O) groups excluding carboxylic acids is 1. The van der Waals surface area contributed by atoms with E-state index in [1.165, 1.54) is 5.56 Å². The molecular weight excluding hydrogens is 292 g/mol. The van der Waals surface area contributed by atoms with E-state index in [0.29, 0.717) is 13.1 Å². The summed E-state index contributed by atoms with van der Waals surface area (Å²) < 4.78 is 5.71. The molecule has 1 saturated heterocycles. The van der Waals surface area contributed by atoms with Gasteiger partial charge in [0, 0.05) is 19.1 Å². The zero-order valence-electron chi connectivity index (χ0n) is 14.3. The van der Waals surface area contributed by atoms with Crippen molar-refractivity contribution < 1.29 is 14.6 Å². The Bertz CT molecular complexity index is 493. The Morgan fingerprint density at radius 2 is 1.87 bits per heavy atom. The van der Waals surface area contributed by atoms with Gasteiger partial charge in [0.1, 0.15) is 0 Å². The predicted molar refractivity (Wildman–Crippen MR) is 90.2 cm³/mol. The van der Waals surface area contributed by atoms with Crippen LogP contribution < -0.4 is 5.32 Å². The van der Waals surface area contributed by atoms with Crippen LogP contribution in [0.4, 0.5) is 4.79 Å². The van der Waals surface area contributed by atoms with Crippen LogP contribution >= 0.6 is 0 Å². The molecule has 0 radical (unpaired) electrons. The van der Waals surface area contributed by atoms with Crippen LogP contribution in [0, 0.1) is 6.92 Å². The lowest BCUT2D eigenvalue weighted by Crippen LogP contribution is -2.49. The highest BCUT2D eigenvalue weighted by molar-refractivity contribution is 5.74. The summed E-state index contributed by atoms with van der Waals surface area (Å²) in [5, 5.41) is 12.3. The number of nitrogens with one attached hydrogen (secondary N) is 1.